The first kappa shape index (κ1) is 9.08. The summed E-state index contributed by atoms with van der Waals surface area (Å²) in [7, 11) is -3.14. The van der Waals surface area contributed by atoms with Gasteiger partial charge in [-0.25, -0.2) is 8.42 Å². The second-order valence-electron chi connectivity index (χ2n) is 3.25. The highest BCUT2D eigenvalue weighted by atomic mass is 32.2. The Morgan fingerprint density at radius 3 is 2.64 bits per heavy atom. The summed E-state index contributed by atoms with van der Waals surface area (Å²) in [6.07, 6.45) is 1.18. The molecule has 0 radical (unpaired) electrons. The van der Waals surface area contributed by atoms with Gasteiger partial charge >= 0.3 is 0 Å². The summed E-state index contributed by atoms with van der Waals surface area (Å²) in [4.78, 5) is 3.23. The van der Waals surface area contributed by atoms with Gasteiger partial charge in [0.05, 0.1) is 4.90 Å². The second kappa shape index (κ2) is 2.75. The first-order valence-corrected chi connectivity index (χ1v) is 5.94. The highest BCUT2D eigenvalue weighted by Crippen LogP contribution is 2.20. The topological polar surface area (TPSA) is 76.0 Å². The molecule has 14 heavy (non-hydrogen) atoms. The van der Waals surface area contributed by atoms with Crippen LogP contribution in [0, 0.1) is 0 Å². The molecule has 0 spiro atoms. The molecule has 1 aromatic carbocycles. The van der Waals surface area contributed by atoms with E-state index in [0.29, 0.717) is 10.7 Å². The normalized spacial score (nSPS) is 12.1. The van der Waals surface area contributed by atoms with Gasteiger partial charge in [-0.15, -0.1) is 0 Å². The van der Waals surface area contributed by atoms with Gasteiger partial charge in [0.1, 0.15) is 5.82 Å². The van der Waals surface area contributed by atoms with Crippen LogP contribution in [0.25, 0.3) is 10.9 Å². The van der Waals surface area contributed by atoms with E-state index in [4.69, 9.17) is 5.73 Å². The zero-order valence-electron chi connectivity index (χ0n) is 7.61. The number of aromatic amines is 1. The minimum atomic E-state index is -3.14. The summed E-state index contributed by atoms with van der Waals surface area (Å²) in [6, 6.07) is 6.59. The lowest BCUT2D eigenvalue weighted by Crippen LogP contribution is -1.95. The van der Waals surface area contributed by atoms with Crippen molar-refractivity contribution in [2.75, 3.05) is 12.0 Å². The number of anilines is 1. The van der Waals surface area contributed by atoms with Crippen molar-refractivity contribution in [1.29, 1.82) is 0 Å². The van der Waals surface area contributed by atoms with Gasteiger partial charge in [0.2, 0.25) is 0 Å². The lowest BCUT2D eigenvalue weighted by atomic mass is 10.2. The molecule has 0 bridgehead atoms. The van der Waals surface area contributed by atoms with Gasteiger partial charge in [-0.1, -0.05) is 0 Å². The van der Waals surface area contributed by atoms with Crippen LogP contribution >= 0.6 is 0 Å². The third-order valence-electron chi connectivity index (χ3n) is 2.04. The second-order valence-corrected chi connectivity index (χ2v) is 5.26. The van der Waals surface area contributed by atoms with Crippen molar-refractivity contribution in [3.05, 3.63) is 24.3 Å². The van der Waals surface area contributed by atoms with Gasteiger partial charge in [-0.05, 0) is 24.3 Å². The fourth-order valence-corrected chi connectivity index (χ4v) is 2.02. The average molecular weight is 210 g/mol. The third kappa shape index (κ3) is 1.46. The smallest absolute Gasteiger partial charge is 0.175 e. The number of nitrogen functional groups attached to an aromatic ring is 1. The van der Waals surface area contributed by atoms with Crippen molar-refractivity contribution in [3.63, 3.8) is 0 Å². The summed E-state index contributed by atoms with van der Waals surface area (Å²) in [6.45, 7) is 0. The standard InChI is InChI=1S/C9H10N2O2S/c1-14(12,13)7-2-3-8-6(4-7)5-9(10)11-8/h2-5,11H,10H2,1H3. The summed E-state index contributed by atoms with van der Waals surface area (Å²) in [5.41, 5.74) is 6.39. The molecule has 0 fully saturated rings. The van der Waals surface area contributed by atoms with Crippen LogP contribution in [0.2, 0.25) is 0 Å². The van der Waals surface area contributed by atoms with E-state index in [9.17, 15) is 8.42 Å². The molecule has 3 N–H and O–H groups in total. The molecule has 0 saturated heterocycles. The molecule has 2 aromatic rings. The maximum Gasteiger partial charge on any atom is 0.175 e. The minimum Gasteiger partial charge on any atom is -0.385 e. The molecular weight excluding hydrogens is 200 g/mol. The SMILES string of the molecule is CS(=O)(=O)c1ccc2[nH]c(N)cc2c1. The van der Waals surface area contributed by atoms with Crippen LogP contribution in [0.4, 0.5) is 5.82 Å². The largest absolute Gasteiger partial charge is 0.385 e. The van der Waals surface area contributed by atoms with Crippen molar-refractivity contribution in [2.45, 2.75) is 4.90 Å². The number of H-pyrrole nitrogens is 1. The van der Waals surface area contributed by atoms with E-state index in [1.165, 1.54) is 6.26 Å². The number of hydrogen-bond donors (Lipinski definition) is 2. The van der Waals surface area contributed by atoms with E-state index < -0.39 is 9.84 Å². The number of nitrogens with one attached hydrogen (secondary N) is 1. The van der Waals surface area contributed by atoms with Gasteiger partial charge in [0, 0.05) is 17.2 Å². The molecule has 2 rings (SSSR count). The Hall–Kier alpha value is -1.49. The Balaban J connectivity index is 2.74. The summed E-state index contributed by atoms with van der Waals surface area (Å²) in [5.74, 6) is 0.533. The number of benzene rings is 1. The van der Waals surface area contributed by atoms with Crippen molar-refractivity contribution >= 4 is 26.6 Å². The van der Waals surface area contributed by atoms with E-state index in [2.05, 4.69) is 4.98 Å². The third-order valence-corrected chi connectivity index (χ3v) is 3.15. The van der Waals surface area contributed by atoms with Crippen LogP contribution < -0.4 is 5.73 Å². The number of hydrogen-bond acceptors (Lipinski definition) is 3. The van der Waals surface area contributed by atoms with Crippen LogP contribution in [0.1, 0.15) is 0 Å². The lowest BCUT2D eigenvalue weighted by Gasteiger charge is -1.97. The number of fused-ring (bicyclic) bond motifs is 1. The van der Waals surface area contributed by atoms with Crippen molar-refractivity contribution < 1.29 is 8.42 Å². The van der Waals surface area contributed by atoms with Gasteiger partial charge in [-0.2, -0.15) is 0 Å². The molecule has 1 aromatic heterocycles. The van der Waals surface area contributed by atoms with Crippen molar-refractivity contribution in [3.8, 4) is 0 Å². The Morgan fingerprint density at radius 2 is 2.00 bits per heavy atom. The Morgan fingerprint density at radius 1 is 1.29 bits per heavy atom. The molecule has 1 heterocycles. The maximum atomic E-state index is 11.2. The van der Waals surface area contributed by atoms with Crippen LogP contribution in [0.3, 0.4) is 0 Å². The maximum absolute atomic E-state index is 11.2. The molecule has 4 nitrogen and oxygen atoms in total. The van der Waals surface area contributed by atoms with E-state index in [0.717, 1.165) is 10.9 Å². The molecule has 0 aliphatic rings. The minimum absolute atomic E-state index is 0.309. The van der Waals surface area contributed by atoms with Crippen LogP contribution in [-0.2, 0) is 9.84 Å². The molecule has 0 unspecified atom stereocenters. The van der Waals surface area contributed by atoms with Gasteiger partial charge in [0.25, 0.3) is 0 Å². The molecule has 0 amide bonds. The van der Waals surface area contributed by atoms with E-state index >= 15 is 0 Å². The quantitative estimate of drug-likeness (QED) is 0.741. The van der Waals surface area contributed by atoms with E-state index in [-0.39, 0.29) is 0 Å². The Labute approximate surface area is 81.7 Å². The fraction of sp³-hybridized carbons (Fsp3) is 0.111. The van der Waals surface area contributed by atoms with Gasteiger partial charge < -0.3 is 10.7 Å². The molecule has 0 aliphatic heterocycles. The zero-order chi connectivity index (χ0) is 10.3. The summed E-state index contributed by atoms with van der Waals surface area (Å²) >= 11 is 0. The van der Waals surface area contributed by atoms with Crippen LogP contribution in [0.15, 0.2) is 29.2 Å². The number of rotatable bonds is 1. The first-order chi connectivity index (χ1) is 6.47. The number of nitrogens with two attached hydrogens (primary N) is 1. The molecule has 0 aliphatic carbocycles. The van der Waals surface area contributed by atoms with Crippen molar-refractivity contribution in [1.82, 2.24) is 4.98 Å². The monoisotopic (exact) mass is 210 g/mol. The van der Waals surface area contributed by atoms with Gasteiger partial charge in [-0.3, -0.25) is 0 Å². The average Bonchev–Trinajstić information content (AvgIpc) is 2.41. The molecule has 74 valence electrons. The Kier molecular flexibility index (Phi) is 1.78. The molecule has 0 atom stereocenters. The fourth-order valence-electron chi connectivity index (χ4n) is 1.36. The molecule has 0 saturated carbocycles. The van der Waals surface area contributed by atoms with E-state index in [1.54, 1.807) is 24.3 Å². The predicted molar refractivity (Wildman–Crippen MR) is 55.8 cm³/mol. The number of aromatic nitrogens is 1. The zero-order valence-corrected chi connectivity index (χ0v) is 8.43. The van der Waals surface area contributed by atoms with Gasteiger partial charge in [0.15, 0.2) is 9.84 Å². The van der Waals surface area contributed by atoms with Crippen molar-refractivity contribution in [2.24, 2.45) is 0 Å². The number of sulfone groups is 1. The highest BCUT2D eigenvalue weighted by Gasteiger charge is 2.08. The first-order valence-electron chi connectivity index (χ1n) is 4.05. The molecular formula is C9H10N2O2S. The molecule has 5 heteroatoms. The summed E-state index contributed by atoms with van der Waals surface area (Å²) < 4.78 is 22.5. The summed E-state index contributed by atoms with van der Waals surface area (Å²) in [5, 5.41) is 0.811. The lowest BCUT2D eigenvalue weighted by molar-refractivity contribution is 0.602. The Bertz CT molecular complexity index is 584. The highest BCUT2D eigenvalue weighted by molar-refractivity contribution is 7.90. The van der Waals surface area contributed by atoms with E-state index in [1.807, 2.05) is 0 Å². The van der Waals surface area contributed by atoms with Crippen LogP contribution in [0.5, 0.6) is 0 Å². The predicted octanol–water partition coefficient (Wildman–Crippen LogP) is 1.15. The van der Waals surface area contributed by atoms with Crippen LogP contribution in [-0.4, -0.2) is 19.7 Å².